The molecule has 0 saturated heterocycles. The van der Waals surface area contributed by atoms with Gasteiger partial charge in [0.25, 0.3) is 0 Å². The molecule has 3 rings (SSSR count). The van der Waals surface area contributed by atoms with Crippen LogP contribution < -0.4 is 0 Å². The topological polar surface area (TPSA) is 50.9 Å². The first-order chi connectivity index (χ1) is 10.1. The summed E-state index contributed by atoms with van der Waals surface area (Å²) in [6.45, 7) is 4.13. The lowest BCUT2D eigenvalue weighted by Gasteiger charge is -2.09. The number of fused-ring (bicyclic) bond motifs is 1. The van der Waals surface area contributed by atoms with Crippen molar-refractivity contribution in [3.8, 4) is 0 Å². The summed E-state index contributed by atoms with van der Waals surface area (Å²) in [6.07, 6.45) is 3.54. The number of hydrogen-bond donors (Lipinski definition) is 1. The molecule has 4 nitrogen and oxygen atoms in total. The third-order valence-corrected chi connectivity index (χ3v) is 3.59. The summed E-state index contributed by atoms with van der Waals surface area (Å²) >= 11 is 0. The Hall–Kier alpha value is -2.20. The van der Waals surface area contributed by atoms with Crippen LogP contribution in [-0.2, 0) is 6.42 Å². The average molecular weight is 281 g/mol. The van der Waals surface area contributed by atoms with Crippen LogP contribution in [-0.4, -0.2) is 19.9 Å². The number of nitrogens with zero attached hydrogens (tertiary/aromatic N) is 3. The van der Waals surface area contributed by atoms with Crippen LogP contribution in [0.15, 0.2) is 48.8 Å². The molecule has 21 heavy (non-hydrogen) atoms. The third-order valence-electron chi connectivity index (χ3n) is 3.59. The number of aromatic nitrogens is 3. The molecule has 0 radical (unpaired) electrons. The second-order valence-electron chi connectivity index (χ2n) is 5.56. The minimum absolute atomic E-state index is 0.296. The van der Waals surface area contributed by atoms with Gasteiger partial charge in [0.15, 0.2) is 0 Å². The highest BCUT2D eigenvalue weighted by molar-refractivity contribution is 5.78. The Balaban J connectivity index is 1.80. The Morgan fingerprint density at radius 2 is 1.95 bits per heavy atom. The number of hydrogen-bond acceptors (Lipinski definition) is 3. The highest BCUT2D eigenvalue weighted by Crippen LogP contribution is 2.20. The van der Waals surface area contributed by atoms with E-state index in [1.807, 2.05) is 47.3 Å². The molecule has 2 aromatic heterocycles. The highest BCUT2D eigenvalue weighted by Gasteiger charge is 2.13. The molecule has 0 aliphatic rings. The maximum Gasteiger partial charge on any atom is 0.0875 e. The van der Waals surface area contributed by atoms with Crippen LogP contribution in [0.1, 0.15) is 37.3 Å². The van der Waals surface area contributed by atoms with Gasteiger partial charge in [-0.3, -0.25) is 9.67 Å². The average Bonchev–Trinajstić information content (AvgIpc) is 2.97. The fourth-order valence-electron chi connectivity index (χ4n) is 2.35. The number of para-hydroxylation sites is 1. The smallest absolute Gasteiger partial charge is 0.0875 e. The largest absolute Gasteiger partial charge is 0.388 e. The summed E-state index contributed by atoms with van der Waals surface area (Å²) in [5, 5.41) is 15.7. The van der Waals surface area contributed by atoms with Crippen molar-refractivity contribution in [3.63, 3.8) is 0 Å². The van der Waals surface area contributed by atoms with Gasteiger partial charge < -0.3 is 5.11 Å². The van der Waals surface area contributed by atoms with Crippen LogP contribution in [0.4, 0.5) is 0 Å². The first-order valence-electron chi connectivity index (χ1n) is 7.20. The van der Waals surface area contributed by atoms with Crippen molar-refractivity contribution in [3.05, 3.63) is 60.0 Å². The van der Waals surface area contributed by atoms with E-state index in [0.717, 1.165) is 22.2 Å². The molecule has 1 atom stereocenters. The summed E-state index contributed by atoms with van der Waals surface area (Å²) in [7, 11) is 0. The van der Waals surface area contributed by atoms with Gasteiger partial charge in [0, 0.05) is 35.3 Å². The molecule has 4 heteroatoms. The molecule has 0 saturated carbocycles. The van der Waals surface area contributed by atoms with Gasteiger partial charge in [0.05, 0.1) is 17.8 Å². The summed E-state index contributed by atoms with van der Waals surface area (Å²) in [5.41, 5.74) is 2.68. The second-order valence-corrected chi connectivity index (χ2v) is 5.56. The van der Waals surface area contributed by atoms with Crippen molar-refractivity contribution in [1.82, 2.24) is 14.8 Å². The Kier molecular flexibility index (Phi) is 3.71. The summed E-state index contributed by atoms with van der Waals surface area (Å²) < 4.78 is 1.85. The Bertz CT molecular complexity index is 748. The van der Waals surface area contributed by atoms with E-state index in [1.54, 1.807) is 6.20 Å². The molecule has 108 valence electrons. The van der Waals surface area contributed by atoms with Gasteiger partial charge in [-0.15, -0.1) is 0 Å². The van der Waals surface area contributed by atoms with Gasteiger partial charge in [-0.05, 0) is 26.0 Å². The predicted octanol–water partition coefficient (Wildman–Crippen LogP) is 3.29. The van der Waals surface area contributed by atoms with Gasteiger partial charge in [0.1, 0.15) is 0 Å². The molecule has 1 N–H and O–H groups in total. The highest BCUT2D eigenvalue weighted by atomic mass is 16.3. The fourth-order valence-corrected chi connectivity index (χ4v) is 2.35. The van der Waals surface area contributed by atoms with Crippen LogP contribution in [0.5, 0.6) is 0 Å². The molecule has 1 unspecified atom stereocenters. The van der Waals surface area contributed by atoms with Gasteiger partial charge >= 0.3 is 0 Å². The monoisotopic (exact) mass is 281 g/mol. The van der Waals surface area contributed by atoms with E-state index >= 15 is 0 Å². The van der Waals surface area contributed by atoms with E-state index in [2.05, 4.69) is 23.9 Å². The minimum atomic E-state index is -0.578. The summed E-state index contributed by atoms with van der Waals surface area (Å²) in [5.74, 6) is 0. The van der Waals surface area contributed by atoms with Crippen molar-refractivity contribution in [1.29, 1.82) is 0 Å². The molecule has 0 aliphatic carbocycles. The molecule has 0 aliphatic heterocycles. The van der Waals surface area contributed by atoms with E-state index in [1.165, 1.54) is 0 Å². The van der Waals surface area contributed by atoms with E-state index in [4.69, 9.17) is 0 Å². The van der Waals surface area contributed by atoms with E-state index in [9.17, 15) is 5.11 Å². The molecular formula is C17H19N3O. The zero-order valence-electron chi connectivity index (χ0n) is 12.3. The molecule has 0 bridgehead atoms. The van der Waals surface area contributed by atoms with E-state index in [0.29, 0.717) is 12.5 Å². The van der Waals surface area contributed by atoms with Crippen LogP contribution >= 0.6 is 0 Å². The molecule has 0 amide bonds. The van der Waals surface area contributed by atoms with Crippen molar-refractivity contribution >= 4 is 10.9 Å². The van der Waals surface area contributed by atoms with Crippen molar-refractivity contribution in [2.75, 3.05) is 0 Å². The summed E-state index contributed by atoms with van der Waals surface area (Å²) in [4.78, 5) is 4.60. The van der Waals surface area contributed by atoms with Crippen molar-refractivity contribution in [2.24, 2.45) is 0 Å². The van der Waals surface area contributed by atoms with Gasteiger partial charge in [-0.25, -0.2) is 0 Å². The van der Waals surface area contributed by atoms with Crippen LogP contribution in [0.3, 0.4) is 0 Å². The number of pyridine rings is 1. The SMILES string of the molecule is CC(C)n1cc(C(O)Cc2ccc3ccccc3n2)cn1. The maximum absolute atomic E-state index is 10.3. The molecule has 0 spiro atoms. The lowest BCUT2D eigenvalue weighted by Crippen LogP contribution is -2.03. The Morgan fingerprint density at radius 3 is 2.71 bits per heavy atom. The maximum atomic E-state index is 10.3. The summed E-state index contributed by atoms with van der Waals surface area (Å²) in [6, 6.07) is 12.3. The molecule has 2 heterocycles. The van der Waals surface area contributed by atoms with Crippen molar-refractivity contribution in [2.45, 2.75) is 32.4 Å². The molecule has 3 aromatic rings. The zero-order chi connectivity index (χ0) is 14.8. The Morgan fingerprint density at radius 1 is 1.14 bits per heavy atom. The second kappa shape index (κ2) is 5.66. The van der Waals surface area contributed by atoms with Gasteiger partial charge in [-0.2, -0.15) is 5.10 Å². The normalized spacial score (nSPS) is 13.0. The molecule has 0 fully saturated rings. The minimum Gasteiger partial charge on any atom is -0.388 e. The lowest BCUT2D eigenvalue weighted by molar-refractivity contribution is 0.177. The van der Waals surface area contributed by atoms with E-state index in [-0.39, 0.29) is 0 Å². The lowest BCUT2D eigenvalue weighted by atomic mass is 10.1. The molecular weight excluding hydrogens is 262 g/mol. The fraction of sp³-hybridized carbons (Fsp3) is 0.294. The van der Waals surface area contributed by atoms with E-state index < -0.39 is 6.10 Å². The number of aliphatic hydroxyl groups excluding tert-OH is 1. The van der Waals surface area contributed by atoms with Crippen LogP contribution in [0, 0.1) is 0 Å². The Labute approximate surface area is 124 Å². The first-order valence-corrected chi connectivity index (χ1v) is 7.20. The number of rotatable bonds is 4. The number of aliphatic hydroxyl groups is 1. The zero-order valence-corrected chi connectivity index (χ0v) is 12.3. The molecule has 1 aromatic carbocycles. The van der Waals surface area contributed by atoms with Crippen LogP contribution in [0.25, 0.3) is 10.9 Å². The van der Waals surface area contributed by atoms with Crippen LogP contribution in [0.2, 0.25) is 0 Å². The predicted molar refractivity (Wildman–Crippen MR) is 83.0 cm³/mol. The van der Waals surface area contributed by atoms with Crippen molar-refractivity contribution < 1.29 is 5.11 Å². The first kappa shape index (κ1) is 13.8. The standard InChI is InChI=1S/C17H19N3O/c1-12(2)20-11-14(10-18-20)17(21)9-15-8-7-13-5-3-4-6-16(13)19-15/h3-8,10-12,17,21H,9H2,1-2H3. The third kappa shape index (κ3) is 2.95. The quantitative estimate of drug-likeness (QED) is 0.798. The number of benzene rings is 1. The van der Waals surface area contributed by atoms with Gasteiger partial charge in [-0.1, -0.05) is 24.3 Å². The van der Waals surface area contributed by atoms with Gasteiger partial charge in [0.2, 0.25) is 0 Å².